The Labute approximate surface area is 335 Å². The van der Waals surface area contributed by atoms with E-state index in [-0.39, 0.29) is 38.4 Å². The number of carbonyl (C=O) groups excluding carboxylic acids is 5. The molecule has 2 heterocycles. The smallest absolute Gasteiger partial charge is 0.311 e. The highest BCUT2D eigenvalue weighted by atomic mass is 79.9. The maximum absolute atomic E-state index is 13.8. The van der Waals surface area contributed by atoms with Gasteiger partial charge in [0.05, 0.1) is 21.7 Å². The average Bonchev–Trinajstić information content (AvgIpc) is 3.07. The molecule has 2 fully saturated rings. The molecule has 0 amide bonds. The molecule has 6 atom stereocenters. The molecular formula is C42H64BrNO11. The lowest BCUT2D eigenvalue weighted by atomic mass is 9.87. The molecule has 1 aromatic carbocycles. The van der Waals surface area contributed by atoms with Crippen LogP contribution in [-0.2, 0) is 47.7 Å². The number of carbonyl (C=O) groups is 5. The van der Waals surface area contributed by atoms with Crippen LogP contribution in [0.3, 0.4) is 0 Å². The molecule has 3 rings (SSSR count). The average molecular weight is 839 g/mol. The highest BCUT2D eigenvalue weighted by molar-refractivity contribution is 9.10. The summed E-state index contributed by atoms with van der Waals surface area (Å²) in [6.07, 6.45) is -2.39. The molecule has 0 aromatic heterocycles. The van der Waals surface area contributed by atoms with Crippen LogP contribution in [0.25, 0.3) is 0 Å². The monoisotopic (exact) mass is 837 g/mol. The SMILES string of the molecule is CC(C)(C)C(=O)O[C@@H]1[C@@H](OC(=O)C(C)(C)C)[C@H](N2CCC(=O)C[C@H]2c2cccc(Br)c2)O[C@H](COC(=O)C(C)(C)CCCCCCO)[C@@H]1OC(=O)C(C)(C)C. The molecule has 0 bridgehead atoms. The zero-order valence-electron chi connectivity index (χ0n) is 34.7. The van der Waals surface area contributed by atoms with E-state index < -0.39 is 82.2 Å². The Morgan fingerprint density at radius 2 is 1.33 bits per heavy atom. The number of aliphatic hydroxyl groups excluding tert-OH is 1. The number of esters is 4. The summed E-state index contributed by atoms with van der Waals surface area (Å²) >= 11 is 3.55. The Balaban J connectivity index is 2.19. The number of ether oxygens (including phenoxy) is 5. The quantitative estimate of drug-likeness (QED) is 0.114. The van der Waals surface area contributed by atoms with E-state index in [0.29, 0.717) is 12.8 Å². The highest BCUT2D eigenvalue weighted by Crippen LogP contribution is 2.40. The summed E-state index contributed by atoms with van der Waals surface area (Å²) < 4.78 is 32.3. The van der Waals surface area contributed by atoms with E-state index in [2.05, 4.69) is 15.9 Å². The first-order valence-corrected chi connectivity index (χ1v) is 20.3. The van der Waals surface area contributed by atoms with Crippen LogP contribution >= 0.6 is 15.9 Å². The Kier molecular flexibility index (Phi) is 16.1. The minimum Gasteiger partial charge on any atom is -0.462 e. The molecule has 2 saturated heterocycles. The third kappa shape index (κ3) is 13.1. The van der Waals surface area contributed by atoms with Gasteiger partial charge in [0.25, 0.3) is 0 Å². The predicted octanol–water partition coefficient (Wildman–Crippen LogP) is 7.27. The summed E-state index contributed by atoms with van der Waals surface area (Å²) in [5, 5.41) is 9.14. The number of Topliss-reactive ketones (excluding diaryl/α,β-unsaturated/α-hetero) is 1. The van der Waals surface area contributed by atoms with E-state index >= 15 is 0 Å². The van der Waals surface area contributed by atoms with Crippen molar-refractivity contribution in [1.82, 2.24) is 4.90 Å². The van der Waals surface area contributed by atoms with E-state index in [9.17, 15) is 24.0 Å². The summed E-state index contributed by atoms with van der Waals surface area (Å²) in [7, 11) is 0. The second-order valence-corrected chi connectivity index (χ2v) is 19.5. The van der Waals surface area contributed by atoms with E-state index in [1.54, 1.807) is 76.2 Å². The number of unbranched alkanes of at least 4 members (excludes halogenated alkanes) is 3. The number of hydrogen-bond donors (Lipinski definition) is 1. The van der Waals surface area contributed by atoms with Gasteiger partial charge in [0.1, 0.15) is 18.5 Å². The van der Waals surface area contributed by atoms with Gasteiger partial charge in [-0.2, -0.15) is 0 Å². The van der Waals surface area contributed by atoms with Crippen molar-refractivity contribution in [1.29, 1.82) is 0 Å². The van der Waals surface area contributed by atoms with Crippen molar-refractivity contribution in [3.63, 3.8) is 0 Å². The lowest BCUT2D eigenvalue weighted by Crippen LogP contribution is -2.68. The Bertz CT molecular complexity index is 1510. The van der Waals surface area contributed by atoms with Crippen molar-refractivity contribution >= 4 is 45.6 Å². The Morgan fingerprint density at radius 3 is 1.87 bits per heavy atom. The number of halogens is 1. The molecule has 0 aliphatic carbocycles. The molecule has 0 radical (unpaired) electrons. The normalized spacial score (nSPS) is 24.2. The van der Waals surface area contributed by atoms with Crippen molar-refractivity contribution in [2.75, 3.05) is 19.8 Å². The van der Waals surface area contributed by atoms with Gasteiger partial charge in [-0.05, 0) is 107 Å². The lowest BCUT2D eigenvalue weighted by Gasteiger charge is -2.51. The molecule has 2 aliphatic rings. The molecule has 12 nitrogen and oxygen atoms in total. The van der Waals surface area contributed by atoms with Crippen LogP contribution in [0.2, 0.25) is 0 Å². The largest absolute Gasteiger partial charge is 0.462 e. The third-order valence-corrected chi connectivity index (χ3v) is 10.3. The zero-order chi connectivity index (χ0) is 41.5. The maximum Gasteiger partial charge on any atom is 0.311 e. The fraction of sp³-hybridized carbons (Fsp3) is 0.738. The zero-order valence-corrected chi connectivity index (χ0v) is 36.3. The summed E-state index contributed by atoms with van der Waals surface area (Å²) in [6.45, 7) is 18.7. The molecule has 0 saturated carbocycles. The topological polar surface area (TPSA) is 155 Å². The predicted molar refractivity (Wildman–Crippen MR) is 209 cm³/mol. The van der Waals surface area contributed by atoms with Crippen LogP contribution in [0.4, 0.5) is 0 Å². The van der Waals surface area contributed by atoms with Crippen LogP contribution in [0, 0.1) is 21.7 Å². The number of likely N-dealkylation sites (tertiary alicyclic amines) is 1. The van der Waals surface area contributed by atoms with Gasteiger partial charge in [-0.15, -0.1) is 0 Å². The second kappa shape index (κ2) is 19.0. The molecule has 13 heteroatoms. The van der Waals surface area contributed by atoms with Gasteiger partial charge >= 0.3 is 23.9 Å². The third-order valence-electron chi connectivity index (χ3n) is 9.85. The van der Waals surface area contributed by atoms with Gasteiger partial charge in [0.2, 0.25) is 0 Å². The van der Waals surface area contributed by atoms with Crippen LogP contribution in [0.15, 0.2) is 28.7 Å². The van der Waals surface area contributed by atoms with Crippen molar-refractivity contribution in [2.24, 2.45) is 21.7 Å². The fourth-order valence-corrected chi connectivity index (χ4v) is 6.68. The van der Waals surface area contributed by atoms with E-state index in [1.165, 1.54) is 0 Å². The number of rotatable bonds is 14. The minimum absolute atomic E-state index is 0.0389. The lowest BCUT2D eigenvalue weighted by molar-refractivity contribution is -0.289. The maximum atomic E-state index is 13.8. The summed E-state index contributed by atoms with van der Waals surface area (Å²) in [5.41, 5.74) is -3.05. The molecule has 2 aliphatic heterocycles. The van der Waals surface area contributed by atoms with Gasteiger partial charge in [0, 0.05) is 36.5 Å². The van der Waals surface area contributed by atoms with E-state index in [4.69, 9.17) is 28.8 Å². The summed E-state index contributed by atoms with van der Waals surface area (Å²) in [5.74, 6) is -2.33. The molecule has 0 spiro atoms. The Morgan fingerprint density at radius 1 is 0.782 bits per heavy atom. The standard InChI is InChI=1S/C42H64BrNO11/c1-39(2,3)35(47)53-31-30(25-51-38(50)42(10,11)20-14-12-13-15-22-45)52-34(44-21-19-28(46)24-29(44)26-17-16-18-27(43)23-26)33(55-37(49)41(7,8)9)32(31)54-36(48)40(4,5)6/h16-18,23,29-34,45H,12-15,19-22,24-25H2,1-11H3/t29-,30+,31-,32-,33+,34+/m0/s1. The summed E-state index contributed by atoms with van der Waals surface area (Å²) in [6, 6.07) is 7.02. The minimum atomic E-state index is -1.40. The number of hydrogen-bond acceptors (Lipinski definition) is 12. The Hall–Kier alpha value is -2.87. The number of ketones is 1. The fourth-order valence-electron chi connectivity index (χ4n) is 6.26. The van der Waals surface area contributed by atoms with Gasteiger partial charge in [-0.3, -0.25) is 28.9 Å². The molecular weight excluding hydrogens is 774 g/mol. The first-order chi connectivity index (χ1) is 25.4. The van der Waals surface area contributed by atoms with Crippen molar-refractivity contribution in [3.8, 4) is 0 Å². The highest BCUT2D eigenvalue weighted by Gasteiger charge is 2.57. The van der Waals surface area contributed by atoms with Gasteiger partial charge in [-0.25, -0.2) is 0 Å². The second-order valence-electron chi connectivity index (χ2n) is 18.6. The molecule has 1 N–H and O–H groups in total. The van der Waals surface area contributed by atoms with Crippen LogP contribution < -0.4 is 0 Å². The van der Waals surface area contributed by atoms with E-state index in [0.717, 1.165) is 29.3 Å². The first kappa shape index (κ1) is 46.5. The number of piperidine rings is 1. The van der Waals surface area contributed by atoms with Crippen molar-refractivity contribution < 1.29 is 52.8 Å². The van der Waals surface area contributed by atoms with Gasteiger partial charge in [-0.1, -0.05) is 47.3 Å². The number of aliphatic hydroxyl groups is 1. The van der Waals surface area contributed by atoms with Gasteiger partial charge < -0.3 is 28.8 Å². The number of nitrogens with zero attached hydrogens (tertiary/aromatic N) is 1. The molecule has 310 valence electrons. The molecule has 0 unspecified atom stereocenters. The van der Waals surface area contributed by atoms with Crippen molar-refractivity contribution in [3.05, 3.63) is 34.3 Å². The van der Waals surface area contributed by atoms with Crippen LogP contribution in [0.5, 0.6) is 0 Å². The summed E-state index contributed by atoms with van der Waals surface area (Å²) in [4.78, 5) is 69.9. The van der Waals surface area contributed by atoms with Gasteiger partial charge in [0.15, 0.2) is 24.5 Å². The van der Waals surface area contributed by atoms with E-state index in [1.807, 2.05) is 29.2 Å². The number of benzene rings is 1. The molecule has 1 aromatic rings. The molecule has 55 heavy (non-hydrogen) atoms. The van der Waals surface area contributed by atoms with Crippen LogP contribution in [0.1, 0.15) is 133 Å². The van der Waals surface area contributed by atoms with Crippen LogP contribution in [-0.4, -0.2) is 90.1 Å². The van der Waals surface area contributed by atoms with Crippen molar-refractivity contribution in [2.45, 2.75) is 158 Å². The first-order valence-electron chi connectivity index (χ1n) is 19.5.